The lowest BCUT2D eigenvalue weighted by Crippen LogP contribution is -2.11. The van der Waals surface area contributed by atoms with Gasteiger partial charge in [0.15, 0.2) is 0 Å². The number of hydrogen-bond donors (Lipinski definition) is 1. The standard InChI is InChI=1S/C20H20N2OS2/c1-14-19(25-18(21-14)12-15-7-4-3-5-8-15)20(23)22-17-10-6-9-16(11-17)13-24-2/h3-11H,12-13H2,1-2H3,(H,22,23). The largest absolute Gasteiger partial charge is 0.321 e. The number of thiazole rings is 1. The number of nitrogens with zero attached hydrogens (tertiary/aromatic N) is 1. The first kappa shape index (κ1) is 17.7. The molecule has 2 aromatic carbocycles. The molecule has 0 atom stereocenters. The van der Waals surface area contributed by atoms with Crippen LogP contribution in [-0.4, -0.2) is 17.1 Å². The summed E-state index contributed by atoms with van der Waals surface area (Å²) in [6.45, 7) is 1.89. The Bertz CT molecular complexity index is 859. The molecule has 0 spiro atoms. The van der Waals surface area contributed by atoms with E-state index in [1.54, 1.807) is 11.8 Å². The topological polar surface area (TPSA) is 42.0 Å². The van der Waals surface area contributed by atoms with Gasteiger partial charge < -0.3 is 5.32 Å². The fraction of sp³-hybridized carbons (Fsp3) is 0.200. The maximum Gasteiger partial charge on any atom is 0.267 e. The number of carbonyl (C=O) groups excluding carboxylic acids is 1. The van der Waals surface area contributed by atoms with Gasteiger partial charge in [0, 0.05) is 17.9 Å². The predicted molar refractivity (Wildman–Crippen MR) is 108 cm³/mol. The average Bonchev–Trinajstić information content (AvgIpc) is 2.97. The molecule has 0 bridgehead atoms. The average molecular weight is 369 g/mol. The van der Waals surface area contributed by atoms with Crippen molar-refractivity contribution in [3.8, 4) is 0 Å². The van der Waals surface area contributed by atoms with Crippen LogP contribution >= 0.6 is 23.1 Å². The lowest BCUT2D eigenvalue weighted by atomic mass is 10.2. The summed E-state index contributed by atoms with van der Waals surface area (Å²) in [6.07, 6.45) is 2.82. The van der Waals surface area contributed by atoms with Crippen molar-refractivity contribution < 1.29 is 4.79 Å². The number of nitrogens with one attached hydrogen (secondary N) is 1. The van der Waals surface area contributed by atoms with Gasteiger partial charge >= 0.3 is 0 Å². The Morgan fingerprint density at radius 2 is 1.88 bits per heavy atom. The van der Waals surface area contributed by atoms with Crippen LogP contribution in [0.1, 0.15) is 31.5 Å². The first-order chi connectivity index (χ1) is 12.2. The van der Waals surface area contributed by atoms with E-state index < -0.39 is 0 Å². The Balaban J connectivity index is 1.73. The van der Waals surface area contributed by atoms with Gasteiger partial charge in [0.2, 0.25) is 0 Å². The molecule has 5 heteroatoms. The van der Waals surface area contributed by atoms with E-state index in [-0.39, 0.29) is 5.91 Å². The number of aromatic nitrogens is 1. The molecule has 1 aromatic heterocycles. The molecule has 0 aliphatic carbocycles. The Kier molecular flexibility index (Phi) is 5.89. The van der Waals surface area contributed by atoms with Crippen LogP contribution < -0.4 is 5.32 Å². The van der Waals surface area contributed by atoms with Gasteiger partial charge in [-0.25, -0.2) is 4.98 Å². The second-order valence-corrected chi connectivity index (χ2v) is 7.72. The van der Waals surface area contributed by atoms with Crippen molar-refractivity contribution in [2.75, 3.05) is 11.6 Å². The van der Waals surface area contributed by atoms with Gasteiger partial charge in [0.05, 0.1) is 10.7 Å². The molecule has 1 amide bonds. The second-order valence-electron chi connectivity index (χ2n) is 5.77. The van der Waals surface area contributed by atoms with Crippen molar-refractivity contribution in [1.82, 2.24) is 4.98 Å². The van der Waals surface area contributed by atoms with Crippen molar-refractivity contribution >= 4 is 34.7 Å². The number of anilines is 1. The molecule has 128 valence electrons. The molecule has 0 unspecified atom stereocenters. The Morgan fingerprint density at radius 3 is 2.64 bits per heavy atom. The highest BCUT2D eigenvalue weighted by molar-refractivity contribution is 7.97. The summed E-state index contributed by atoms with van der Waals surface area (Å²) in [7, 11) is 0. The lowest BCUT2D eigenvalue weighted by molar-refractivity contribution is 0.103. The van der Waals surface area contributed by atoms with Crippen LogP contribution in [0.25, 0.3) is 0 Å². The van der Waals surface area contributed by atoms with Crippen LogP contribution in [0.5, 0.6) is 0 Å². The van der Waals surface area contributed by atoms with Crippen LogP contribution in [0.15, 0.2) is 54.6 Å². The van der Waals surface area contributed by atoms with Gasteiger partial charge in [-0.15, -0.1) is 11.3 Å². The maximum absolute atomic E-state index is 12.6. The zero-order valence-corrected chi connectivity index (χ0v) is 15.9. The number of benzene rings is 2. The number of rotatable bonds is 6. The second kappa shape index (κ2) is 8.32. The SMILES string of the molecule is CSCc1cccc(NC(=O)c2sc(Cc3ccccc3)nc2C)c1. The number of hydrogen-bond acceptors (Lipinski definition) is 4. The number of thioether (sulfide) groups is 1. The summed E-state index contributed by atoms with van der Waals surface area (Å²) < 4.78 is 0. The zero-order valence-electron chi connectivity index (χ0n) is 14.3. The summed E-state index contributed by atoms with van der Waals surface area (Å²) in [5, 5.41) is 3.96. The quantitative estimate of drug-likeness (QED) is 0.653. The normalized spacial score (nSPS) is 10.6. The maximum atomic E-state index is 12.6. The van der Waals surface area contributed by atoms with Crippen LogP contribution in [-0.2, 0) is 12.2 Å². The molecule has 0 saturated heterocycles. The fourth-order valence-corrected chi connectivity index (χ4v) is 4.11. The first-order valence-electron chi connectivity index (χ1n) is 8.05. The zero-order chi connectivity index (χ0) is 17.6. The molecule has 1 N–H and O–H groups in total. The van der Waals surface area contributed by atoms with E-state index in [9.17, 15) is 4.79 Å². The van der Waals surface area contributed by atoms with E-state index in [1.165, 1.54) is 22.5 Å². The van der Waals surface area contributed by atoms with Gasteiger partial charge in [-0.3, -0.25) is 4.79 Å². The molecular weight excluding hydrogens is 348 g/mol. The molecule has 3 aromatic rings. The summed E-state index contributed by atoms with van der Waals surface area (Å²) in [6, 6.07) is 18.2. The molecule has 0 aliphatic rings. The third kappa shape index (κ3) is 4.71. The number of carbonyl (C=O) groups is 1. The predicted octanol–water partition coefficient (Wildman–Crippen LogP) is 5.16. The highest BCUT2D eigenvalue weighted by Crippen LogP contribution is 2.23. The molecule has 0 radical (unpaired) electrons. The van der Waals surface area contributed by atoms with E-state index in [2.05, 4.69) is 34.8 Å². The van der Waals surface area contributed by atoms with Gasteiger partial charge in [-0.05, 0) is 36.4 Å². The van der Waals surface area contributed by atoms with E-state index in [1.807, 2.05) is 43.3 Å². The van der Waals surface area contributed by atoms with Crippen molar-refractivity contribution in [2.24, 2.45) is 0 Å². The van der Waals surface area contributed by atoms with E-state index in [0.29, 0.717) is 4.88 Å². The smallest absolute Gasteiger partial charge is 0.267 e. The van der Waals surface area contributed by atoms with Gasteiger partial charge in [-0.1, -0.05) is 42.5 Å². The molecule has 25 heavy (non-hydrogen) atoms. The fourth-order valence-electron chi connectivity index (χ4n) is 2.60. The highest BCUT2D eigenvalue weighted by atomic mass is 32.2. The monoisotopic (exact) mass is 368 g/mol. The van der Waals surface area contributed by atoms with Gasteiger partial charge in [0.1, 0.15) is 4.88 Å². The summed E-state index contributed by atoms with van der Waals surface area (Å²) in [4.78, 5) is 17.9. The van der Waals surface area contributed by atoms with Crippen LogP contribution in [0, 0.1) is 6.92 Å². The Morgan fingerprint density at radius 1 is 1.12 bits per heavy atom. The van der Waals surface area contributed by atoms with E-state index in [0.717, 1.165) is 28.6 Å². The van der Waals surface area contributed by atoms with E-state index in [4.69, 9.17) is 0 Å². The lowest BCUT2D eigenvalue weighted by Gasteiger charge is -2.06. The molecule has 0 fully saturated rings. The van der Waals surface area contributed by atoms with Crippen LogP contribution in [0.2, 0.25) is 0 Å². The molecule has 0 saturated carbocycles. The molecule has 3 nitrogen and oxygen atoms in total. The van der Waals surface area contributed by atoms with Gasteiger partial charge in [-0.2, -0.15) is 11.8 Å². The van der Waals surface area contributed by atoms with Crippen molar-refractivity contribution in [3.05, 3.63) is 81.3 Å². The third-order valence-electron chi connectivity index (χ3n) is 3.74. The van der Waals surface area contributed by atoms with Crippen molar-refractivity contribution in [2.45, 2.75) is 19.1 Å². The summed E-state index contributed by atoms with van der Waals surface area (Å²) in [5.41, 5.74) is 4.02. The summed E-state index contributed by atoms with van der Waals surface area (Å²) >= 11 is 3.23. The van der Waals surface area contributed by atoms with Crippen LogP contribution in [0.4, 0.5) is 5.69 Å². The summed E-state index contributed by atoms with van der Waals surface area (Å²) in [5.74, 6) is 0.848. The number of amides is 1. The molecule has 1 heterocycles. The van der Waals surface area contributed by atoms with Gasteiger partial charge in [0.25, 0.3) is 5.91 Å². The Hall–Kier alpha value is -2.11. The van der Waals surface area contributed by atoms with E-state index >= 15 is 0 Å². The minimum Gasteiger partial charge on any atom is -0.321 e. The highest BCUT2D eigenvalue weighted by Gasteiger charge is 2.16. The Labute approximate surface area is 156 Å². The molecule has 3 rings (SSSR count). The third-order valence-corrected chi connectivity index (χ3v) is 5.52. The molecular formula is C20H20N2OS2. The molecule has 0 aliphatic heterocycles. The minimum absolute atomic E-state index is 0.0874. The number of aryl methyl sites for hydroxylation is 1. The first-order valence-corrected chi connectivity index (χ1v) is 10.3. The van der Waals surface area contributed by atoms with Crippen molar-refractivity contribution in [1.29, 1.82) is 0 Å². The minimum atomic E-state index is -0.0874. The van der Waals surface area contributed by atoms with Crippen molar-refractivity contribution in [3.63, 3.8) is 0 Å². The van der Waals surface area contributed by atoms with Crippen LogP contribution in [0.3, 0.4) is 0 Å².